The number of hydrogen-bond acceptors (Lipinski definition) is 6. The second-order valence-corrected chi connectivity index (χ2v) is 7.92. The van der Waals surface area contributed by atoms with E-state index in [4.69, 9.17) is 26.5 Å². The van der Waals surface area contributed by atoms with Crippen LogP contribution in [-0.2, 0) is 4.74 Å². The van der Waals surface area contributed by atoms with E-state index in [1.165, 1.54) is 0 Å². The molecule has 1 saturated heterocycles. The van der Waals surface area contributed by atoms with Gasteiger partial charge in [-0.05, 0) is 29.8 Å². The zero-order chi connectivity index (χ0) is 22.9. The number of hydrogen-bond donors (Lipinski definition) is 0. The van der Waals surface area contributed by atoms with E-state index in [0.717, 1.165) is 47.1 Å². The molecule has 0 saturated carbocycles. The highest BCUT2D eigenvalue weighted by atomic mass is 16.5. The molecule has 0 N–H and O–H groups in total. The molecule has 0 bridgehead atoms. The second-order valence-electron chi connectivity index (χ2n) is 7.92. The highest BCUT2D eigenvalue weighted by molar-refractivity contribution is 5.67. The average Bonchev–Trinajstić information content (AvgIpc) is 3.57. The average molecular weight is 448 g/mol. The lowest BCUT2D eigenvalue weighted by Crippen LogP contribution is -2.37. The summed E-state index contributed by atoms with van der Waals surface area (Å²) in [7, 11) is 0. The van der Waals surface area contributed by atoms with Gasteiger partial charge in [0, 0.05) is 49.4 Å². The van der Waals surface area contributed by atoms with Crippen molar-refractivity contribution in [3.8, 4) is 28.3 Å². The molecule has 34 heavy (non-hydrogen) atoms. The summed E-state index contributed by atoms with van der Waals surface area (Å²) >= 11 is 0. The van der Waals surface area contributed by atoms with Crippen LogP contribution in [0.15, 0.2) is 73.2 Å². The van der Waals surface area contributed by atoms with Gasteiger partial charge >= 0.3 is 0 Å². The molecule has 9 heteroatoms. The predicted molar refractivity (Wildman–Crippen MR) is 128 cm³/mol. The lowest BCUT2D eigenvalue weighted by atomic mass is 10.1. The largest absolute Gasteiger partial charge is 0.378 e. The smallest absolute Gasteiger partial charge is 0.187 e. The van der Waals surface area contributed by atoms with Crippen molar-refractivity contribution in [1.29, 1.82) is 0 Å². The Labute approximate surface area is 195 Å². The summed E-state index contributed by atoms with van der Waals surface area (Å²) in [6, 6.07) is 17.3. The van der Waals surface area contributed by atoms with E-state index < -0.39 is 0 Å². The minimum absolute atomic E-state index is 0.587. The van der Waals surface area contributed by atoms with Crippen LogP contribution in [0.5, 0.6) is 0 Å². The Balaban J connectivity index is 1.46. The van der Waals surface area contributed by atoms with Gasteiger partial charge in [-0.2, -0.15) is 14.7 Å². The van der Waals surface area contributed by atoms with Crippen LogP contribution in [0.1, 0.15) is 0 Å². The van der Waals surface area contributed by atoms with Crippen LogP contribution in [0.2, 0.25) is 0 Å². The molecular weight excluding hydrogens is 428 g/mol. The van der Waals surface area contributed by atoms with Crippen molar-refractivity contribution in [1.82, 2.24) is 29.4 Å². The lowest BCUT2D eigenvalue weighted by Gasteiger charge is -2.29. The molecule has 9 nitrogen and oxygen atoms in total. The molecule has 166 valence electrons. The first-order valence-electron chi connectivity index (χ1n) is 11.0. The SMILES string of the molecule is [C-]#[N+]c1cccc(-c2ccn(-c3cc(N4CCOCC4)n4nc(-c5ccncc5)cc4n3)n2)c1. The van der Waals surface area contributed by atoms with Crippen LogP contribution < -0.4 is 4.90 Å². The maximum atomic E-state index is 7.27. The Morgan fingerprint density at radius 3 is 2.56 bits per heavy atom. The highest BCUT2D eigenvalue weighted by Gasteiger charge is 2.19. The molecule has 1 aromatic carbocycles. The van der Waals surface area contributed by atoms with Crippen LogP contribution in [-0.4, -0.2) is 55.7 Å². The molecule has 5 heterocycles. The molecule has 0 radical (unpaired) electrons. The van der Waals surface area contributed by atoms with Gasteiger partial charge in [-0.1, -0.05) is 18.2 Å². The van der Waals surface area contributed by atoms with Gasteiger partial charge in [0.1, 0.15) is 5.82 Å². The number of anilines is 1. The fraction of sp³-hybridized carbons (Fsp3) is 0.160. The van der Waals surface area contributed by atoms with E-state index in [2.05, 4.69) is 14.7 Å². The fourth-order valence-corrected chi connectivity index (χ4v) is 4.08. The maximum Gasteiger partial charge on any atom is 0.187 e. The minimum Gasteiger partial charge on any atom is -0.378 e. The van der Waals surface area contributed by atoms with Crippen LogP contribution in [0.25, 0.3) is 38.8 Å². The van der Waals surface area contributed by atoms with Crippen molar-refractivity contribution in [2.45, 2.75) is 0 Å². The maximum absolute atomic E-state index is 7.27. The minimum atomic E-state index is 0.587. The summed E-state index contributed by atoms with van der Waals surface area (Å²) < 4.78 is 9.21. The summed E-state index contributed by atoms with van der Waals surface area (Å²) in [5.41, 5.74) is 4.81. The molecule has 0 atom stereocenters. The van der Waals surface area contributed by atoms with E-state index in [9.17, 15) is 0 Å². The molecule has 0 spiro atoms. The molecule has 1 aliphatic heterocycles. The van der Waals surface area contributed by atoms with Crippen LogP contribution >= 0.6 is 0 Å². The molecule has 1 fully saturated rings. The van der Waals surface area contributed by atoms with E-state index in [1.54, 1.807) is 23.1 Å². The number of rotatable bonds is 4. The summed E-state index contributed by atoms with van der Waals surface area (Å²) in [6.45, 7) is 10.2. The Morgan fingerprint density at radius 2 is 1.74 bits per heavy atom. The number of pyridine rings is 1. The number of nitrogens with zero attached hydrogens (tertiary/aromatic N) is 8. The van der Waals surface area contributed by atoms with Crippen molar-refractivity contribution in [2.75, 3.05) is 31.2 Å². The third-order valence-electron chi connectivity index (χ3n) is 5.80. The molecule has 0 aliphatic carbocycles. The van der Waals surface area contributed by atoms with Crippen molar-refractivity contribution in [3.05, 3.63) is 84.6 Å². The third kappa shape index (κ3) is 3.66. The van der Waals surface area contributed by atoms with Gasteiger partial charge in [0.25, 0.3) is 0 Å². The van der Waals surface area contributed by atoms with Gasteiger partial charge in [0.05, 0.1) is 31.2 Å². The first-order chi connectivity index (χ1) is 16.8. The molecule has 6 rings (SSSR count). The summed E-state index contributed by atoms with van der Waals surface area (Å²) in [6.07, 6.45) is 5.41. The molecule has 4 aromatic heterocycles. The summed E-state index contributed by atoms with van der Waals surface area (Å²) in [5, 5.41) is 9.61. The first-order valence-corrected chi connectivity index (χ1v) is 11.0. The Morgan fingerprint density at radius 1 is 0.882 bits per heavy atom. The van der Waals surface area contributed by atoms with Gasteiger partial charge in [-0.25, -0.2) is 14.5 Å². The number of ether oxygens (including phenoxy) is 1. The highest BCUT2D eigenvalue weighted by Crippen LogP contribution is 2.27. The third-order valence-corrected chi connectivity index (χ3v) is 5.80. The fourth-order valence-electron chi connectivity index (χ4n) is 4.08. The van der Waals surface area contributed by atoms with E-state index in [-0.39, 0.29) is 0 Å². The zero-order valence-corrected chi connectivity index (χ0v) is 18.2. The standard InChI is InChI=1S/C25H20N8O/c1-26-20-4-2-3-19(15-20)21-7-10-32(29-21)23-17-25(31-11-13-34-14-12-31)33-24(28-23)16-22(30-33)18-5-8-27-9-6-18/h2-10,15-17H,11-14H2. The van der Waals surface area contributed by atoms with Crippen molar-refractivity contribution < 1.29 is 4.74 Å². The Hall–Kier alpha value is -4.55. The van der Waals surface area contributed by atoms with E-state index in [1.807, 2.05) is 59.2 Å². The van der Waals surface area contributed by atoms with Gasteiger partial charge in [-0.3, -0.25) is 4.98 Å². The van der Waals surface area contributed by atoms with Gasteiger partial charge in [0.15, 0.2) is 17.2 Å². The van der Waals surface area contributed by atoms with E-state index >= 15 is 0 Å². The van der Waals surface area contributed by atoms with Gasteiger partial charge in [0.2, 0.25) is 0 Å². The van der Waals surface area contributed by atoms with Crippen molar-refractivity contribution >= 4 is 17.2 Å². The van der Waals surface area contributed by atoms with Gasteiger partial charge < -0.3 is 9.64 Å². The van der Waals surface area contributed by atoms with E-state index in [0.29, 0.717) is 24.7 Å². The predicted octanol–water partition coefficient (Wildman–Crippen LogP) is 4.03. The quantitative estimate of drug-likeness (QED) is 0.386. The molecule has 5 aromatic rings. The van der Waals surface area contributed by atoms with Crippen molar-refractivity contribution in [2.24, 2.45) is 0 Å². The number of fused-ring (bicyclic) bond motifs is 1. The summed E-state index contributed by atoms with van der Waals surface area (Å²) in [5.74, 6) is 1.64. The number of morpholine rings is 1. The normalized spacial score (nSPS) is 13.8. The summed E-state index contributed by atoms with van der Waals surface area (Å²) in [4.78, 5) is 14.8. The lowest BCUT2D eigenvalue weighted by molar-refractivity contribution is 0.122. The van der Waals surface area contributed by atoms with Crippen LogP contribution in [0.3, 0.4) is 0 Å². The topological polar surface area (TPSA) is 77.7 Å². The number of benzene rings is 1. The van der Waals surface area contributed by atoms with Gasteiger partial charge in [-0.15, -0.1) is 0 Å². The number of aromatic nitrogens is 6. The second kappa shape index (κ2) is 8.42. The van der Waals surface area contributed by atoms with Crippen LogP contribution in [0.4, 0.5) is 11.5 Å². The Bertz CT molecular complexity index is 1510. The molecule has 1 aliphatic rings. The monoisotopic (exact) mass is 448 g/mol. The Kier molecular flexibility index (Phi) is 4.98. The van der Waals surface area contributed by atoms with Crippen molar-refractivity contribution in [3.63, 3.8) is 0 Å². The molecule has 0 unspecified atom stereocenters. The van der Waals surface area contributed by atoms with Crippen LogP contribution in [0, 0.1) is 6.57 Å². The molecule has 0 amide bonds. The zero-order valence-electron chi connectivity index (χ0n) is 18.2. The first kappa shape index (κ1) is 20.1. The molecular formula is C25H20N8O.